The van der Waals surface area contributed by atoms with E-state index in [1.165, 1.54) is 22.2 Å². The van der Waals surface area contributed by atoms with E-state index in [1.807, 2.05) is 4.90 Å². The molecule has 0 unspecified atom stereocenters. The molecule has 234 valence electrons. The summed E-state index contributed by atoms with van der Waals surface area (Å²) in [5, 5.41) is 9.33. The zero-order valence-electron chi connectivity index (χ0n) is 22.3. The lowest BCUT2D eigenvalue weighted by molar-refractivity contribution is -0.143. The largest absolute Gasteiger partial charge is 0.417 e. The molecular formula is C24H28F8N6O3S. The molecule has 1 aliphatic heterocycles. The molecule has 42 heavy (non-hydrogen) atoms. The average molecular weight is 633 g/mol. The number of nitrogens with one attached hydrogen (secondary N) is 1. The molecule has 0 spiro atoms. The highest BCUT2D eigenvalue weighted by atomic mass is 32.2. The van der Waals surface area contributed by atoms with Gasteiger partial charge in [-0.1, -0.05) is 5.21 Å². The Morgan fingerprint density at radius 3 is 2.12 bits per heavy atom. The number of carbonyl (C=O) groups is 1. The molecule has 4 rings (SSSR count). The van der Waals surface area contributed by atoms with E-state index >= 15 is 0 Å². The van der Waals surface area contributed by atoms with Crippen molar-refractivity contribution in [1.82, 2.24) is 29.5 Å². The number of amides is 1. The molecular weight excluding hydrogens is 604 g/mol. The third kappa shape index (κ3) is 6.85. The lowest BCUT2D eigenvalue weighted by atomic mass is 9.76. The van der Waals surface area contributed by atoms with Crippen molar-refractivity contribution in [2.24, 2.45) is 7.05 Å². The summed E-state index contributed by atoms with van der Waals surface area (Å²) in [4.78, 5) is 14.5. The van der Waals surface area contributed by atoms with E-state index in [9.17, 15) is 48.3 Å². The van der Waals surface area contributed by atoms with Gasteiger partial charge in [0.25, 0.3) is 15.9 Å². The Balaban J connectivity index is 1.47. The quantitative estimate of drug-likeness (QED) is 0.465. The highest BCUT2D eigenvalue weighted by Crippen LogP contribution is 2.44. The normalized spacial score (nSPS) is 20.4. The van der Waals surface area contributed by atoms with Gasteiger partial charge >= 0.3 is 12.4 Å². The number of alkyl halides is 8. The summed E-state index contributed by atoms with van der Waals surface area (Å²) in [7, 11) is -2.44. The number of carbonyl (C=O) groups excluding carboxylic acids is 1. The van der Waals surface area contributed by atoms with Crippen molar-refractivity contribution in [3.8, 4) is 0 Å². The Bertz CT molecular complexity index is 1390. The Morgan fingerprint density at radius 2 is 1.60 bits per heavy atom. The molecule has 0 bridgehead atoms. The van der Waals surface area contributed by atoms with Gasteiger partial charge in [0.15, 0.2) is 0 Å². The summed E-state index contributed by atoms with van der Waals surface area (Å²) in [5.74, 6) is -4.18. The first kappa shape index (κ1) is 32.1. The number of aryl methyl sites for hydroxylation is 1. The van der Waals surface area contributed by atoms with Gasteiger partial charge in [-0.25, -0.2) is 17.2 Å². The summed E-state index contributed by atoms with van der Waals surface area (Å²) in [6, 6.07) is 0.701. The van der Waals surface area contributed by atoms with Crippen LogP contribution in [0.2, 0.25) is 0 Å². The molecule has 0 radical (unpaired) electrons. The molecule has 1 saturated carbocycles. The number of hydrogen-bond acceptors (Lipinski definition) is 6. The monoisotopic (exact) mass is 632 g/mol. The molecule has 2 aromatic rings. The topological polar surface area (TPSA) is 100 Å². The fourth-order valence-electron chi connectivity index (χ4n) is 5.44. The van der Waals surface area contributed by atoms with E-state index < -0.39 is 69.3 Å². The van der Waals surface area contributed by atoms with E-state index in [4.69, 9.17) is 0 Å². The van der Waals surface area contributed by atoms with Gasteiger partial charge in [-0.15, -0.1) is 5.10 Å². The lowest BCUT2D eigenvalue weighted by Crippen LogP contribution is -2.60. The third-order valence-electron chi connectivity index (χ3n) is 7.78. The van der Waals surface area contributed by atoms with Crippen molar-refractivity contribution in [1.29, 1.82) is 0 Å². The Hall–Kier alpha value is -2.86. The van der Waals surface area contributed by atoms with Gasteiger partial charge in [-0.2, -0.15) is 30.6 Å². The van der Waals surface area contributed by atoms with Crippen LogP contribution in [0, 0.1) is 0 Å². The van der Waals surface area contributed by atoms with Crippen LogP contribution in [0.15, 0.2) is 29.4 Å². The molecule has 1 aliphatic carbocycles. The van der Waals surface area contributed by atoms with Gasteiger partial charge in [0, 0.05) is 58.2 Å². The van der Waals surface area contributed by atoms with Crippen molar-refractivity contribution >= 4 is 15.9 Å². The number of piperazine rings is 1. The maximum Gasteiger partial charge on any atom is 0.417 e. The summed E-state index contributed by atoms with van der Waals surface area (Å²) in [5.41, 5.74) is -5.22. The predicted molar refractivity (Wildman–Crippen MR) is 131 cm³/mol. The molecule has 1 aromatic carbocycles. The first-order chi connectivity index (χ1) is 19.3. The van der Waals surface area contributed by atoms with Crippen LogP contribution in [-0.2, 0) is 29.4 Å². The van der Waals surface area contributed by atoms with Gasteiger partial charge in [-0.3, -0.25) is 14.4 Å². The van der Waals surface area contributed by atoms with Crippen LogP contribution in [0.1, 0.15) is 53.6 Å². The maximum atomic E-state index is 14.1. The van der Waals surface area contributed by atoms with Crippen molar-refractivity contribution in [3.05, 3.63) is 41.1 Å². The Kier molecular flexibility index (Phi) is 8.65. The Labute approximate surface area is 235 Å². The number of benzene rings is 1. The average Bonchev–Trinajstić information content (AvgIpc) is 3.35. The molecule has 2 aliphatic rings. The first-order valence-corrected chi connectivity index (χ1v) is 14.3. The van der Waals surface area contributed by atoms with E-state index in [1.54, 1.807) is 0 Å². The van der Waals surface area contributed by atoms with Crippen LogP contribution in [0.4, 0.5) is 35.1 Å². The highest BCUT2D eigenvalue weighted by molar-refractivity contribution is 7.89. The minimum Gasteiger partial charge on any atom is -0.352 e. The zero-order valence-corrected chi connectivity index (χ0v) is 23.1. The van der Waals surface area contributed by atoms with E-state index in [0.717, 1.165) is 0 Å². The van der Waals surface area contributed by atoms with Gasteiger partial charge < -0.3 is 5.32 Å². The van der Waals surface area contributed by atoms with Crippen molar-refractivity contribution < 1.29 is 48.3 Å². The minimum absolute atomic E-state index is 0.0130. The highest BCUT2D eigenvalue weighted by Gasteiger charge is 2.48. The minimum atomic E-state index is -5.24. The van der Waals surface area contributed by atoms with Crippen LogP contribution in [0.5, 0.6) is 0 Å². The smallest absolute Gasteiger partial charge is 0.352 e. The first-order valence-electron chi connectivity index (χ1n) is 12.9. The number of rotatable bonds is 7. The van der Waals surface area contributed by atoms with E-state index in [2.05, 4.69) is 15.6 Å². The number of nitrogens with zero attached hydrogens (tertiary/aromatic N) is 5. The van der Waals surface area contributed by atoms with Crippen LogP contribution < -0.4 is 5.32 Å². The predicted octanol–water partition coefficient (Wildman–Crippen LogP) is 3.93. The molecule has 1 saturated heterocycles. The van der Waals surface area contributed by atoms with Crippen LogP contribution in [0.3, 0.4) is 0 Å². The molecule has 1 N–H and O–H groups in total. The molecule has 9 nitrogen and oxygen atoms in total. The molecule has 1 amide bonds. The SMILES string of the molecule is Cn1cc(S(=O)(=O)N2CCN(C3(CCNC(=O)c4ccc(C(F)(F)F)cc4C(F)(F)F)CCC(F)(F)CC3)CC2)nn1. The van der Waals surface area contributed by atoms with Gasteiger partial charge in [0.2, 0.25) is 10.9 Å². The summed E-state index contributed by atoms with van der Waals surface area (Å²) in [6.07, 6.45) is -9.98. The zero-order chi connectivity index (χ0) is 31.1. The summed E-state index contributed by atoms with van der Waals surface area (Å²) < 4.78 is 136. The third-order valence-corrected chi connectivity index (χ3v) is 9.54. The molecule has 0 atom stereocenters. The second-order valence-electron chi connectivity index (χ2n) is 10.5. The van der Waals surface area contributed by atoms with E-state index in [0.29, 0.717) is 12.1 Å². The van der Waals surface area contributed by atoms with Gasteiger partial charge in [0.05, 0.1) is 22.9 Å². The van der Waals surface area contributed by atoms with Gasteiger partial charge in [0.1, 0.15) is 0 Å². The van der Waals surface area contributed by atoms with Gasteiger partial charge in [-0.05, 0) is 37.5 Å². The number of hydrogen-bond donors (Lipinski definition) is 1. The molecule has 1 aromatic heterocycles. The fraction of sp³-hybridized carbons (Fsp3) is 0.625. The molecule has 18 heteroatoms. The Morgan fingerprint density at radius 1 is 0.976 bits per heavy atom. The standard InChI is InChI=1S/C24H28F8N6O3S/c1-36-15-19(34-35-36)42(40,41)38-12-10-37(11-13-38)21(4-6-22(25,26)7-5-21)8-9-33-20(39)17-3-2-16(23(27,28)29)14-18(17)24(30,31)32/h2-3,14-15H,4-13H2,1H3,(H,33,39). The van der Waals surface area contributed by atoms with Crippen LogP contribution in [0.25, 0.3) is 0 Å². The van der Waals surface area contributed by atoms with Crippen molar-refractivity contribution in [2.45, 2.75) is 60.9 Å². The summed E-state index contributed by atoms with van der Waals surface area (Å²) in [6.45, 7) is 0.112. The van der Waals surface area contributed by atoms with Crippen LogP contribution >= 0.6 is 0 Å². The van der Waals surface area contributed by atoms with E-state index in [-0.39, 0.29) is 63.1 Å². The maximum absolute atomic E-state index is 14.1. The number of sulfonamides is 1. The molecule has 2 heterocycles. The van der Waals surface area contributed by atoms with Crippen molar-refractivity contribution in [2.75, 3.05) is 32.7 Å². The lowest BCUT2D eigenvalue weighted by Gasteiger charge is -2.50. The number of halogens is 8. The van der Waals surface area contributed by atoms with Crippen LogP contribution in [-0.4, -0.2) is 82.7 Å². The number of aromatic nitrogens is 3. The fourth-order valence-corrected chi connectivity index (χ4v) is 6.78. The second kappa shape index (κ2) is 11.3. The summed E-state index contributed by atoms with van der Waals surface area (Å²) >= 11 is 0. The molecule has 2 fully saturated rings. The van der Waals surface area contributed by atoms with Crippen molar-refractivity contribution in [3.63, 3.8) is 0 Å². The second-order valence-corrected chi connectivity index (χ2v) is 12.3.